The Hall–Kier alpha value is -2.85. The van der Waals surface area contributed by atoms with Crippen molar-refractivity contribution in [3.05, 3.63) is 64.4 Å². The molecule has 2 amide bonds. The quantitative estimate of drug-likeness (QED) is 0.458. The average molecular weight is 584 g/mol. The largest absolute Gasteiger partial charge is 0.430 e. The van der Waals surface area contributed by atoms with Crippen molar-refractivity contribution in [1.29, 1.82) is 0 Å². The summed E-state index contributed by atoms with van der Waals surface area (Å²) in [7, 11) is 3.43. The second kappa shape index (κ2) is 11.9. The van der Waals surface area contributed by atoms with Crippen molar-refractivity contribution >= 4 is 29.1 Å². The molecule has 0 aliphatic carbocycles. The number of rotatable bonds is 6. The minimum Gasteiger partial charge on any atom is -0.372 e. The van der Waals surface area contributed by atoms with Crippen LogP contribution in [0.2, 0.25) is 5.02 Å². The second-order valence-corrected chi connectivity index (χ2v) is 11.5. The molecule has 2 fully saturated rings. The zero-order chi connectivity index (χ0) is 29.2. The van der Waals surface area contributed by atoms with E-state index in [1.807, 2.05) is 24.3 Å². The third kappa shape index (κ3) is 6.38. The van der Waals surface area contributed by atoms with E-state index in [0.717, 1.165) is 55.1 Å². The van der Waals surface area contributed by atoms with Gasteiger partial charge in [-0.2, -0.15) is 13.2 Å². The van der Waals surface area contributed by atoms with E-state index in [9.17, 15) is 32.3 Å². The highest BCUT2D eigenvalue weighted by Crippen LogP contribution is 2.42. The van der Waals surface area contributed by atoms with Crippen LogP contribution in [0.5, 0.6) is 0 Å². The molecule has 0 saturated carbocycles. The third-order valence-electron chi connectivity index (χ3n) is 8.07. The normalized spacial score (nSPS) is 18.9. The fourth-order valence-corrected chi connectivity index (χ4v) is 5.96. The van der Waals surface area contributed by atoms with E-state index < -0.39 is 29.1 Å². The number of likely N-dealkylation sites (tertiary alicyclic amines) is 1. The minimum absolute atomic E-state index is 0.0422. The Morgan fingerprint density at radius 1 is 0.950 bits per heavy atom. The summed E-state index contributed by atoms with van der Waals surface area (Å²) < 4.78 is 55.8. The lowest BCUT2D eigenvalue weighted by Crippen LogP contribution is -2.57. The minimum atomic E-state index is -5.35. The molecule has 218 valence electrons. The molecule has 2 aliphatic heterocycles. The Bertz CT molecular complexity index is 1190. The summed E-state index contributed by atoms with van der Waals surface area (Å²) in [4.78, 5) is 30.0. The molecule has 0 aromatic heterocycles. The summed E-state index contributed by atoms with van der Waals surface area (Å²) in [6.45, 7) is 1.92. The Kier molecular flexibility index (Phi) is 8.99. The van der Waals surface area contributed by atoms with Gasteiger partial charge in [0.25, 0.3) is 17.4 Å². The summed E-state index contributed by atoms with van der Waals surface area (Å²) in [5, 5.41) is 10.3. The van der Waals surface area contributed by atoms with E-state index >= 15 is 0 Å². The van der Waals surface area contributed by atoms with Gasteiger partial charge in [0.05, 0.1) is 0 Å². The van der Waals surface area contributed by atoms with Crippen LogP contribution < -0.4 is 4.90 Å². The van der Waals surface area contributed by atoms with Crippen LogP contribution in [0.3, 0.4) is 0 Å². The lowest BCUT2D eigenvalue weighted by molar-refractivity contribution is -0.262. The van der Waals surface area contributed by atoms with Gasteiger partial charge in [-0.3, -0.25) is 9.59 Å². The second-order valence-electron chi connectivity index (χ2n) is 11.0. The highest BCUT2D eigenvalue weighted by atomic mass is 35.5. The molecule has 4 rings (SSSR count). The number of nitrogens with zero attached hydrogens (tertiary/aromatic N) is 3. The van der Waals surface area contributed by atoms with Crippen LogP contribution in [0.25, 0.3) is 0 Å². The van der Waals surface area contributed by atoms with Crippen LogP contribution in [0.4, 0.5) is 23.2 Å². The van der Waals surface area contributed by atoms with Crippen molar-refractivity contribution in [1.82, 2.24) is 9.80 Å². The van der Waals surface area contributed by atoms with Crippen LogP contribution in [0.15, 0.2) is 42.5 Å². The van der Waals surface area contributed by atoms with Gasteiger partial charge in [-0.15, -0.1) is 0 Å². The molecule has 0 radical (unpaired) electrons. The number of carbonyl (C=O) groups excluding carboxylic acids is 2. The number of aliphatic hydroxyl groups is 1. The van der Waals surface area contributed by atoms with E-state index in [2.05, 4.69) is 4.90 Å². The van der Waals surface area contributed by atoms with Gasteiger partial charge in [0.2, 0.25) is 0 Å². The molecule has 6 nitrogen and oxygen atoms in total. The molecule has 2 heterocycles. The molecule has 1 N–H and O–H groups in total. The average Bonchev–Trinajstić information content (AvgIpc) is 2.91. The first-order chi connectivity index (χ1) is 18.8. The maximum Gasteiger partial charge on any atom is 0.430 e. The van der Waals surface area contributed by atoms with Crippen molar-refractivity contribution in [3.63, 3.8) is 0 Å². The summed E-state index contributed by atoms with van der Waals surface area (Å²) in [6.07, 6.45) is -1.41. The Balaban J connectivity index is 1.30. The summed E-state index contributed by atoms with van der Waals surface area (Å²) >= 11 is 5.72. The lowest BCUT2D eigenvalue weighted by Gasteiger charge is -2.40. The maximum atomic E-state index is 14.0. The van der Waals surface area contributed by atoms with Gasteiger partial charge in [-0.05, 0) is 86.4 Å². The highest BCUT2D eigenvalue weighted by molar-refractivity contribution is 6.30. The van der Waals surface area contributed by atoms with E-state index in [1.165, 1.54) is 4.90 Å². The Morgan fingerprint density at radius 3 is 2.00 bits per heavy atom. The molecule has 0 bridgehead atoms. The monoisotopic (exact) mass is 583 g/mol. The molecule has 40 heavy (non-hydrogen) atoms. The van der Waals surface area contributed by atoms with Gasteiger partial charge in [-0.1, -0.05) is 11.6 Å². The van der Waals surface area contributed by atoms with Gasteiger partial charge in [0.15, 0.2) is 0 Å². The van der Waals surface area contributed by atoms with Gasteiger partial charge in [-0.25, -0.2) is 4.39 Å². The Morgan fingerprint density at radius 2 is 1.50 bits per heavy atom. The molecule has 1 atom stereocenters. The molecule has 2 saturated heterocycles. The fourth-order valence-electron chi connectivity index (χ4n) is 5.74. The van der Waals surface area contributed by atoms with Crippen molar-refractivity contribution < 1.29 is 32.3 Å². The highest BCUT2D eigenvalue weighted by Gasteiger charge is 2.62. The molecule has 0 unspecified atom stereocenters. The SMILES string of the molecule is CN(C)C(=O)c1ccc(N2CCC(CC3CCN(C(=O)[C@](O)(c4cc(F)cc(Cl)c4)C(F)(F)F)CC3)CC2)cc1. The predicted molar refractivity (Wildman–Crippen MR) is 145 cm³/mol. The zero-order valence-electron chi connectivity index (χ0n) is 22.6. The number of hydrogen-bond donors (Lipinski definition) is 1. The van der Waals surface area contributed by atoms with E-state index in [4.69, 9.17) is 11.6 Å². The maximum absolute atomic E-state index is 14.0. The first kappa shape index (κ1) is 30.1. The standard InChI is InChI=1S/C29H34ClF4N3O3/c1-35(2)26(38)21-3-5-25(6-4-21)36-11-7-19(8-12-36)15-20-9-13-37(14-10-20)27(39)28(40,29(32,33)34)22-16-23(30)18-24(31)17-22/h3-6,16-20,40H,7-15H2,1-2H3/t28-/m1/s1. The van der Waals surface area contributed by atoms with Crippen LogP contribution >= 0.6 is 11.6 Å². The van der Waals surface area contributed by atoms with Crippen LogP contribution in [0.1, 0.15) is 48.0 Å². The van der Waals surface area contributed by atoms with Gasteiger partial charge < -0.3 is 19.8 Å². The van der Waals surface area contributed by atoms with E-state index in [1.54, 1.807) is 14.1 Å². The van der Waals surface area contributed by atoms with Crippen molar-refractivity contribution in [2.24, 2.45) is 11.8 Å². The van der Waals surface area contributed by atoms with Gasteiger partial charge in [0, 0.05) is 62.1 Å². The predicted octanol–water partition coefficient (Wildman–Crippen LogP) is 5.48. The third-order valence-corrected chi connectivity index (χ3v) is 8.29. The van der Waals surface area contributed by atoms with Crippen LogP contribution in [0, 0.1) is 17.7 Å². The Labute approximate surface area is 236 Å². The number of anilines is 1. The molecule has 2 aromatic rings. The summed E-state index contributed by atoms with van der Waals surface area (Å²) in [6, 6.07) is 9.67. The van der Waals surface area contributed by atoms with Crippen molar-refractivity contribution in [2.45, 2.75) is 43.9 Å². The number of hydrogen-bond acceptors (Lipinski definition) is 4. The molecule has 11 heteroatoms. The van der Waals surface area contributed by atoms with Crippen molar-refractivity contribution in [2.75, 3.05) is 45.2 Å². The molecule has 2 aliphatic rings. The first-order valence-corrected chi connectivity index (χ1v) is 13.8. The number of carbonyl (C=O) groups is 2. The van der Waals surface area contributed by atoms with E-state index in [0.29, 0.717) is 30.4 Å². The summed E-state index contributed by atoms with van der Waals surface area (Å²) in [5.74, 6) is -1.88. The van der Waals surface area contributed by atoms with Crippen LogP contribution in [-0.4, -0.2) is 73.2 Å². The van der Waals surface area contributed by atoms with Crippen LogP contribution in [-0.2, 0) is 10.4 Å². The topological polar surface area (TPSA) is 64.1 Å². The fraction of sp³-hybridized carbons (Fsp3) is 0.517. The van der Waals surface area contributed by atoms with Gasteiger partial charge >= 0.3 is 6.18 Å². The molecule has 0 spiro atoms. The molecule has 2 aromatic carbocycles. The van der Waals surface area contributed by atoms with E-state index in [-0.39, 0.29) is 29.9 Å². The smallest absolute Gasteiger partial charge is 0.372 e. The number of alkyl halides is 3. The number of benzene rings is 2. The number of halogens is 5. The van der Waals surface area contributed by atoms with Crippen molar-refractivity contribution in [3.8, 4) is 0 Å². The first-order valence-electron chi connectivity index (χ1n) is 13.4. The summed E-state index contributed by atoms with van der Waals surface area (Å²) in [5.41, 5.74) is -3.10. The molecular formula is C29H34ClF4N3O3. The molecular weight excluding hydrogens is 550 g/mol. The zero-order valence-corrected chi connectivity index (χ0v) is 23.3. The number of amides is 2. The van der Waals surface area contributed by atoms with Gasteiger partial charge in [0.1, 0.15) is 5.82 Å². The lowest BCUT2D eigenvalue weighted by atomic mass is 9.82. The number of piperidine rings is 2.